The number of likely N-dealkylation sites (tertiary alicyclic amines) is 1. The molecule has 2 rings (SSSR count). The minimum atomic E-state index is -1.34. The number of carbonyl (C=O) groups excluding carboxylic acids is 1. The predicted molar refractivity (Wildman–Crippen MR) is 137 cm³/mol. The van der Waals surface area contributed by atoms with E-state index in [1.807, 2.05) is 25.7 Å². The van der Waals surface area contributed by atoms with E-state index < -0.39 is 15.7 Å². The average molecular weight is 520 g/mol. The summed E-state index contributed by atoms with van der Waals surface area (Å²) < 4.78 is 21.8. The van der Waals surface area contributed by atoms with Crippen molar-refractivity contribution in [3.63, 3.8) is 0 Å². The van der Waals surface area contributed by atoms with Gasteiger partial charge in [0.05, 0.1) is 37.7 Å². The molecule has 1 aromatic carbocycles. The van der Waals surface area contributed by atoms with Crippen LogP contribution in [-0.2, 0) is 15.8 Å². The van der Waals surface area contributed by atoms with Crippen molar-refractivity contribution >= 4 is 40.1 Å². The summed E-state index contributed by atoms with van der Waals surface area (Å²) in [5.74, 6) is 0.291. The van der Waals surface area contributed by atoms with Gasteiger partial charge in [-0.15, -0.1) is 0 Å². The smallest absolute Gasteiger partial charge is 0.228 e. The van der Waals surface area contributed by atoms with Crippen LogP contribution >= 0.6 is 23.2 Å². The molecule has 0 unspecified atom stereocenters. The minimum Gasteiger partial charge on any atom is -0.489 e. The highest BCUT2D eigenvalue weighted by Gasteiger charge is 2.35. The van der Waals surface area contributed by atoms with E-state index in [1.165, 1.54) is 0 Å². The molecule has 1 fully saturated rings. The molecule has 7 nitrogen and oxygen atoms in total. The monoisotopic (exact) mass is 518 g/mol. The van der Waals surface area contributed by atoms with Crippen molar-refractivity contribution in [2.24, 2.45) is 23.3 Å². The van der Waals surface area contributed by atoms with Gasteiger partial charge in [0.2, 0.25) is 5.91 Å². The molecule has 33 heavy (non-hydrogen) atoms. The van der Waals surface area contributed by atoms with Gasteiger partial charge in [-0.1, -0.05) is 35.9 Å². The van der Waals surface area contributed by atoms with Crippen molar-refractivity contribution in [3.05, 3.63) is 40.4 Å². The molecule has 0 radical (unpaired) electrons. The van der Waals surface area contributed by atoms with Gasteiger partial charge in [-0.2, -0.15) is 0 Å². The second-order valence-electron chi connectivity index (χ2n) is 9.21. The van der Waals surface area contributed by atoms with Crippen LogP contribution in [0.5, 0.6) is 5.75 Å². The lowest BCUT2D eigenvalue weighted by Gasteiger charge is -2.38. The number of nitrogens with zero attached hydrogens (tertiary/aromatic N) is 1. The Bertz CT molecular complexity index is 851. The quantitative estimate of drug-likeness (QED) is 0.411. The van der Waals surface area contributed by atoms with Crippen LogP contribution in [0.4, 0.5) is 0 Å². The summed E-state index contributed by atoms with van der Waals surface area (Å²) in [5.41, 5.74) is 12.2. The normalized spacial score (nSPS) is 17.2. The number of amides is 1. The number of rotatable bonds is 10. The lowest BCUT2D eigenvalue weighted by atomic mass is 9.85. The third kappa shape index (κ3) is 7.41. The van der Waals surface area contributed by atoms with Crippen LogP contribution in [0.2, 0.25) is 10.0 Å². The molecular formula is C23H36Cl2N4O3S. The first-order valence-electron chi connectivity index (χ1n) is 11.1. The molecule has 2 atom stereocenters. The zero-order chi connectivity index (χ0) is 24.8. The first-order valence-corrected chi connectivity index (χ1v) is 13.0. The Hall–Kier alpha value is -1.16. The highest BCUT2D eigenvalue weighted by molar-refractivity contribution is 7.84. The zero-order valence-corrected chi connectivity index (χ0v) is 21.9. The first-order chi connectivity index (χ1) is 15.5. The number of hydrogen-bond donors (Lipinski definition) is 3. The number of nitrogens with two attached hydrogens (primary N) is 2. The van der Waals surface area contributed by atoms with Gasteiger partial charge in [-0.25, -0.2) is 8.93 Å². The maximum Gasteiger partial charge on any atom is 0.228 e. The van der Waals surface area contributed by atoms with E-state index in [-0.39, 0.29) is 36.9 Å². The Kier molecular flexibility index (Phi) is 10.7. The van der Waals surface area contributed by atoms with E-state index in [9.17, 15) is 9.00 Å². The van der Waals surface area contributed by atoms with Crippen LogP contribution in [0.1, 0.15) is 45.2 Å². The largest absolute Gasteiger partial charge is 0.489 e. The summed E-state index contributed by atoms with van der Waals surface area (Å²) in [6.07, 6.45) is 3.08. The maximum absolute atomic E-state index is 13.1. The fourth-order valence-electron chi connectivity index (χ4n) is 3.78. The van der Waals surface area contributed by atoms with Gasteiger partial charge in [0.15, 0.2) is 0 Å². The van der Waals surface area contributed by atoms with Crippen molar-refractivity contribution in [3.8, 4) is 5.75 Å². The molecule has 0 saturated carbocycles. The Balaban J connectivity index is 2.35. The minimum absolute atomic E-state index is 0.00855. The Morgan fingerprint density at radius 3 is 2.36 bits per heavy atom. The van der Waals surface area contributed by atoms with E-state index in [0.29, 0.717) is 48.3 Å². The highest BCUT2D eigenvalue weighted by atomic mass is 35.5. The second kappa shape index (κ2) is 12.5. The number of piperidine rings is 1. The molecular weight excluding hydrogens is 483 g/mol. The van der Waals surface area contributed by atoms with Crippen molar-refractivity contribution in [1.29, 1.82) is 0 Å². The van der Waals surface area contributed by atoms with Crippen LogP contribution in [-0.4, -0.2) is 52.5 Å². The molecule has 0 bridgehead atoms. The topological polar surface area (TPSA) is 111 Å². The van der Waals surface area contributed by atoms with E-state index in [2.05, 4.69) is 11.3 Å². The molecule has 186 valence electrons. The summed E-state index contributed by atoms with van der Waals surface area (Å²) >= 11 is 12.6. The van der Waals surface area contributed by atoms with Crippen molar-refractivity contribution in [1.82, 2.24) is 9.62 Å². The molecule has 0 spiro atoms. The summed E-state index contributed by atoms with van der Waals surface area (Å²) in [6.45, 7) is 11.4. The Morgan fingerprint density at radius 1 is 1.27 bits per heavy atom. The molecule has 5 N–H and O–H groups in total. The van der Waals surface area contributed by atoms with Gasteiger partial charge in [0.1, 0.15) is 12.4 Å². The molecule has 0 aromatic heterocycles. The van der Waals surface area contributed by atoms with E-state index in [4.69, 9.17) is 39.4 Å². The lowest BCUT2D eigenvalue weighted by molar-refractivity contribution is -0.136. The van der Waals surface area contributed by atoms with E-state index >= 15 is 0 Å². The first kappa shape index (κ1) is 28.1. The van der Waals surface area contributed by atoms with E-state index in [0.717, 1.165) is 5.56 Å². The third-order valence-electron chi connectivity index (χ3n) is 5.78. The SMILES string of the molecule is C=CCOc1cc(Cl)c(Cl)cc1[C@H](N[S@@](=O)C(C)(C)C)C1CCN(C(=O)C(CN)CN)CC1. The van der Waals surface area contributed by atoms with Gasteiger partial charge < -0.3 is 21.1 Å². The number of halogens is 2. The number of nitrogens with one attached hydrogen (secondary N) is 1. The van der Waals surface area contributed by atoms with Crippen LogP contribution in [0.15, 0.2) is 24.8 Å². The Morgan fingerprint density at radius 2 is 1.85 bits per heavy atom. The van der Waals surface area contributed by atoms with Crippen molar-refractivity contribution < 1.29 is 13.7 Å². The molecule has 1 amide bonds. The molecule has 0 aliphatic carbocycles. The summed E-state index contributed by atoms with van der Waals surface area (Å²) in [6, 6.07) is 3.15. The highest BCUT2D eigenvalue weighted by Crippen LogP contribution is 2.40. The van der Waals surface area contributed by atoms with Gasteiger partial charge in [0.25, 0.3) is 0 Å². The van der Waals surface area contributed by atoms with Crippen molar-refractivity contribution in [2.45, 2.75) is 44.4 Å². The fourth-order valence-corrected chi connectivity index (χ4v) is 5.01. The van der Waals surface area contributed by atoms with E-state index in [1.54, 1.807) is 18.2 Å². The van der Waals surface area contributed by atoms with Crippen LogP contribution < -0.4 is 20.9 Å². The Labute approximate surface area is 209 Å². The molecule has 1 aromatic rings. The number of benzene rings is 1. The molecule has 1 heterocycles. The number of carbonyl (C=O) groups is 1. The molecule has 1 saturated heterocycles. The standard InChI is InChI=1S/C23H36Cl2N4O3S/c1-5-10-32-20-12-19(25)18(24)11-17(20)21(28-33(31)23(2,3)4)15-6-8-29(9-7-15)22(30)16(13-26)14-27/h5,11-12,15-16,21,28H,1,6-10,13-14,26-27H2,2-4H3/t21-,33+/m1/s1. The van der Waals surface area contributed by atoms with Crippen LogP contribution in [0.3, 0.4) is 0 Å². The van der Waals surface area contributed by atoms with Crippen LogP contribution in [0.25, 0.3) is 0 Å². The summed E-state index contributed by atoms with van der Waals surface area (Å²) in [4.78, 5) is 14.5. The average Bonchev–Trinajstić information content (AvgIpc) is 2.78. The van der Waals surface area contributed by atoms with Crippen LogP contribution in [0, 0.1) is 11.8 Å². The molecule has 1 aliphatic heterocycles. The number of ether oxygens (including phenoxy) is 1. The zero-order valence-electron chi connectivity index (χ0n) is 19.6. The second-order valence-corrected chi connectivity index (χ2v) is 12.0. The summed E-state index contributed by atoms with van der Waals surface area (Å²) in [5, 5.41) is 0.775. The molecule has 1 aliphatic rings. The maximum atomic E-state index is 13.1. The van der Waals surface area contributed by atoms with Gasteiger partial charge >= 0.3 is 0 Å². The van der Waals surface area contributed by atoms with Gasteiger partial charge in [-0.3, -0.25) is 4.79 Å². The fraction of sp³-hybridized carbons (Fsp3) is 0.609. The van der Waals surface area contributed by atoms with Gasteiger partial charge in [-0.05, 0) is 45.6 Å². The summed E-state index contributed by atoms with van der Waals surface area (Å²) in [7, 11) is -1.34. The predicted octanol–water partition coefficient (Wildman–Crippen LogP) is 3.42. The molecule has 10 heteroatoms. The lowest BCUT2D eigenvalue weighted by Crippen LogP contribution is -2.48. The third-order valence-corrected chi connectivity index (χ3v) is 8.08. The van der Waals surface area contributed by atoms with Gasteiger partial charge in [0, 0.05) is 37.8 Å². The van der Waals surface area contributed by atoms with Crippen molar-refractivity contribution in [2.75, 3.05) is 32.8 Å². The number of hydrogen-bond acceptors (Lipinski definition) is 5.